The second-order valence-corrected chi connectivity index (χ2v) is 4.39. The molecule has 0 saturated heterocycles. The Bertz CT molecular complexity index is 380. The number of hydrogen-bond acceptors (Lipinski definition) is 2. The summed E-state index contributed by atoms with van der Waals surface area (Å²) in [7, 11) is 0. The SMILES string of the molecule is CC(C)OC(=O)NCc1ccc(Cl)cc1Cl. The Labute approximate surface area is 105 Å². The molecule has 0 fully saturated rings. The second kappa shape index (κ2) is 5.97. The van der Waals surface area contributed by atoms with E-state index in [1.165, 1.54) is 0 Å². The fourth-order valence-electron chi connectivity index (χ4n) is 1.09. The molecule has 0 atom stereocenters. The van der Waals surface area contributed by atoms with Crippen molar-refractivity contribution in [1.29, 1.82) is 0 Å². The number of carbonyl (C=O) groups is 1. The predicted octanol–water partition coefficient (Wildman–Crippen LogP) is 3.63. The Hall–Kier alpha value is -0.930. The number of benzene rings is 1. The Balaban J connectivity index is 2.51. The van der Waals surface area contributed by atoms with Crippen molar-refractivity contribution in [3.63, 3.8) is 0 Å². The number of nitrogens with one attached hydrogen (secondary N) is 1. The average molecular weight is 262 g/mol. The molecule has 0 radical (unpaired) electrons. The zero-order valence-corrected chi connectivity index (χ0v) is 10.6. The summed E-state index contributed by atoms with van der Waals surface area (Å²) in [6.45, 7) is 3.89. The smallest absolute Gasteiger partial charge is 0.407 e. The molecule has 88 valence electrons. The molecule has 1 rings (SSSR count). The van der Waals surface area contributed by atoms with E-state index < -0.39 is 6.09 Å². The van der Waals surface area contributed by atoms with Gasteiger partial charge in [0.15, 0.2) is 0 Å². The Kier molecular flexibility index (Phi) is 4.90. The van der Waals surface area contributed by atoms with Crippen LogP contribution in [-0.2, 0) is 11.3 Å². The summed E-state index contributed by atoms with van der Waals surface area (Å²) in [5, 5.41) is 3.70. The van der Waals surface area contributed by atoms with Crippen LogP contribution in [0.3, 0.4) is 0 Å². The lowest BCUT2D eigenvalue weighted by Crippen LogP contribution is -2.26. The Morgan fingerprint density at radius 1 is 1.44 bits per heavy atom. The standard InChI is InChI=1S/C11H13Cl2NO2/c1-7(2)16-11(15)14-6-8-3-4-9(12)5-10(8)13/h3-5,7H,6H2,1-2H3,(H,14,15). The van der Waals surface area contributed by atoms with Gasteiger partial charge in [-0.15, -0.1) is 0 Å². The molecule has 0 spiro atoms. The van der Waals surface area contributed by atoms with Crippen LogP contribution < -0.4 is 5.32 Å². The highest BCUT2D eigenvalue weighted by Crippen LogP contribution is 2.20. The molecule has 0 unspecified atom stereocenters. The van der Waals surface area contributed by atoms with Crippen molar-refractivity contribution in [2.24, 2.45) is 0 Å². The van der Waals surface area contributed by atoms with Crippen LogP contribution in [0.25, 0.3) is 0 Å². The fraction of sp³-hybridized carbons (Fsp3) is 0.364. The molecule has 0 aliphatic rings. The number of ether oxygens (including phenoxy) is 1. The minimum absolute atomic E-state index is 0.138. The maximum Gasteiger partial charge on any atom is 0.407 e. The summed E-state index contributed by atoms with van der Waals surface area (Å²) < 4.78 is 4.92. The number of hydrogen-bond donors (Lipinski definition) is 1. The van der Waals surface area contributed by atoms with Crippen molar-refractivity contribution in [3.05, 3.63) is 33.8 Å². The van der Waals surface area contributed by atoms with Crippen LogP contribution in [-0.4, -0.2) is 12.2 Å². The van der Waals surface area contributed by atoms with Crippen LogP contribution in [0.5, 0.6) is 0 Å². The summed E-state index contributed by atoms with van der Waals surface area (Å²) in [6, 6.07) is 5.12. The van der Waals surface area contributed by atoms with Gasteiger partial charge in [0, 0.05) is 16.6 Å². The topological polar surface area (TPSA) is 38.3 Å². The first-order valence-corrected chi connectivity index (χ1v) is 5.63. The molecular formula is C11H13Cl2NO2. The molecule has 1 N–H and O–H groups in total. The molecule has 3 nitrogen and oxygen atoms in total. The minimum Gasteiger partial charge on any atom is -0.447 e. The quantitative estimate of drug-likeness (QED) is 0.903. The van der Waals surface area contributed by atoms with Crippen LogP contribution in [0.15, 0.2) is 18.2 Å². The summed E-state index contributed by atoms with van der Waals surface area (Å²) in [6.07, 6.45) is -0.596. The van der Waals surface area contributed by atoms with Gasteiger partial charge in [-0.2, -0.15) is 0 Å². The summed E-state index contributed by atoms with van der Waals surface area (Å²) in [5.41, 5.74) is 0.798. The summed E-state index contributed by atoms with van der Waals surface area (Å²) >= 11 is 11.7. The first-order valence-electron chi connectivity index (χ1n) is 4.87. The van der Waals surface area contributed by atoms with E-state index in [0.717, 1.165) is 5.56 Å². The Morgan fingerprint density at radius 3 is 2.69 bits per heavy atom. The van der Waals surface area contributed by atoms with Gasteiger partial charge >= 0.3 is 6.09 Å². The highest BCUT2D eigenvalue weighted by atomic mass is 35.5. The van der Waals surface area contributed by atoms with Gasteiger partial charge in [-0.25, -0.2) is 4.79 Å². The molecule has 1 aromatic carbocycles. The molecule has 0 aromatic heterocycles. The summed E-state index contributed by atoms with van der Waals surface area (Å²) in [4.78, 5) is 11.2. The van der Waals surface area contributed by atoms with Crippen molar-refractivity contribution in [2.45, 2.75) is 26.5 Å². The van der Waals surface area contributed by atoms with Gasteiger partial charge in [0.2, 0.25) is 0 Å². The Morgan fingerprint density at radius 2 is 2.12 bits per heavy atom. The minimum atomic E-state index is -0.457. The van der Waals surface area contributed by atoms with E-state index >= 15 is 0 Å². The van der Waals surface area contributed by atoms with Crippen molar-refractivity contribution in [1.82, 2.24) is 5.32 Å². The van der Waals surface area contributed by atoms with Gasteiger partial charge in [0.25, 0.3) is 0 Å². The van der Waals surface area contributed by atoms with Gasteiger partial charge in [-0.1, -0.05) is 29.3 Å². The lowest BCUT2D eigenvalue weighted by atomic mass is 10.2. The van der Waals surface area contributed by atoms with Crippen molar-refractivity contribution < 1.29 is 9.53 Å². The summed E-state index contributed by atoms with van der Waals surface area (Å²) in [5.74, 6) is 0. The van der Waals surface area contributed by atoms with E-state index in [9.17, 15) is 4.79 Å². The number of rotatable bonds is 3. The maximum atomic E-state index is 11.2. The molecule has 1 amide bonds. The number of carbonyl (C=O) groups excluding carboxylic acids is 1. The lowest BCUT2D eigenvalue weighted by Gasteiger charge is -2.10. The number of alkyl carbamates (subject to hydrolysis) is 1. The van der Waals surface area contributed by atoms with E-state index in [1.54, 1.807) is 32.0 Å². The molecule has 1 aromatic rings. The van der Waals surface area contributed by atoms with E-state index in [0.29, 0.717) is 16.6 Å². The van der Waals surface area contributed by atoms with E-state index in [-0.39, 0.29) is 6.10 Å². The van der Waals surface area contributed by atoms with Crippen LogP contribution in [0, 0.1) is 0 Å². The molecule has 0 heterocycles. The van der Waals surface area contributed by atoms with Gasteiger partial charge in [-0.3, -0.25) is 0 Å². The van der Waals surface area contributed by atoms with Gasteiger partial charge in [-0.05, 0) is 31.5 Å². The molecule has 16 heavy (non-hydrogen) atoms. The predicted molar refractivity (Wildman–Crippen MR) is 64.9 cm³/mol. The van der Waals surface area contributed by atoms with Gasteiger partial charge in [0.1, 0.15) is 0 Å². The third kappa shape index (κ3) is 4.29. The highest BCUT2D eigenvalue weighted by molar-refractivity contribution is 6.35. The van der Waals surface area contributed by atoms with Crippen molar-refractivity contribution in [3.8, 4) is 0 Å². The third-order valence-corrected chi connectivity index (χ3v) is 2.37. The zero-order chi connectivity index (χ0) is 12.1. The molecular weight excluding hydrogens is 249 g/mol. The van der Waals surface area contributed by atoms with Crippen LogP contribution >= 0.6 is 23.2 Å². The molecule has 0 saturated carbocycles. The normalized spacial score (nSPS) is 10.3. The largest absolute Gasteiger partial charge is 0.447 e. The zero-order valence-electron chi connectivity index (χ0n) is 9.09. The fourth-order valence-corrected chi connectivity index (χ4v) is 1.56. The highest BCUT2D eigenvalue weighted by Gasteiger charge is 2.06. The molecule has 5 heteroatoms. The van der Waals surface area contributed by atoms with Gasteiger partial charge < -0.3 is 10.1 Å². The van der Waals surface area contributed by atoms with Crippen LogP contribution in [0.4, 0.5) is 4.79 Å². The van der Waals surface area contributed by atoms with Gasteiger partial charge in [0.05, 0.1) is 6.10 Å². The van der Waals surface area contributed by atoms with Crippen LogP contribution in [0.1, 0.15) is 19.4 Å². The molecule has 0 aliphatic carbocycles. The van der Waals surface area contributed by atoms with E-state index in [2.05, 4.69) is 5.32 Å². The van der Waals surface area contributed by atoms with Crippen molar-refractivity contribution in [2.75, 3.05) is 0 Å². The maximum absolute atomic E-state index is 11.2. The van der Waals surface area contributed by atoms with Crippen molar-refractivity contribution >= 4 is 29.3 Å². The number of amides is 1. The monoisotopic (exact) mass is 261 g/mol. The molecule has 0 aliphatic heterocycles. The second-order valence-electron chi connectivity index (χ2n) is 3.54. The van der Waals surface area contributed by atoms with E-state index in [1.807, 2.05) is 0 Å². The van der Waals surface area contributed by atoms with Crippen LogP contribution in [0.2, 0.25) is 10.0 Å². The van der Waals surface area contributed by atoms with E-state index in [4.69, 9.17) is 27.9 Å². The lowest BCUT2D eigenvalue weighted by molar-refractivity contribution is 0.115. The molecule has 0 bridgehead atoms. The first kappa shape index (κ1) is 13.1. The average Bonchev–Trinajstić information content (AvgIpc) is 2.15. The number of halogens is 2. The third-order valence-electron chi connectivity index (χ3n) is 1.78. The first-order chi connectivity index (χ1) is 7.49.